The third-order valence-corrected chi connectivity index (χ3v) is 2.32. The number of rotatable bonds is 0. The molecule has 11 heavy (non-hydrogen) atoms. The van der Waals surface area contributed by atoms with Gasteiger partial charge in [-0.05, 0) is 12.2 Å². The van der Waals surface area contributed by atoms with E-state index in [1.165, 1.54) is 0 Å². The summed E-state index contributed by atoms with van der Waals surface area (Å²) in [4.78, 5) is 0. The second-order valence-electron chi connectivity index (χ2n) is 2.32. The quantitative estimate of drug-likeness (QED) is 0.612. The van der Waals surface area contributed by atoms with Crippen LogP contribution in [0.4, 0.5) is 0 Å². The van der Waals surface area contributed by atoms with Crippen molar-refractivity contribution in [3.8, 4) is 0 Å². The van der Waals surface area contributed by atoms with E-state index in [0.717, 1.165) is 10.1 Å². The van der Waals surface area contributed by atoms with Crippen molar-refractivity contribution in [3.05, 3.63) is 33.4 Å². The van der Waals surface area contributed by atoms with Crippen molar-refractivity contribution in [2.24, 2.45) is 10.2 Å². The van der Waals surface area contributed by atoms with Crippen LogP contribution in [0, 0.1) is 0 Å². The van der Waals surface area contributed by atoms with E-state index in [9.17, 15) is 0 Å². The molecule has 0 saturated carbocycles. The Balaban J connectivity index is 2.45. The van der Waals surface area contributed by atoms with E-state index in [4.69, 9.17) is 11.6 Å². The lowest BCUT2D eigenvalue weighted by Crippen LogP contribution is -2.06. The minimum absolute atomic E-state index is 0.0435. The molecular weight excluding hydrogens is 227 g/mol. The fourth-order valence-corrected chi connectivity index (χ4v) is 1.98. The van der Waals surface area contributed by atoms with Crippen molar-refractivity contribution < 1.29 is 0 Å². The fourth-order valence-electron chi connectivity index (χ4n) is 1.05. The molecule has 2 rings (SSSR count). The molecule has 1 aliphatic carbocycles. The predicted molar refractivity (Wildman–Crippen MR) is 47.7 cm³/mol. The Hall–Kier alpha value is -0.410. The molecule has 1 aliphatic heterocycles. The highest BCUT2D eigenvalue weighted by atomic mass is 79.9. The zero-order chi connectivity index (χ0) is 7.84. The van der Waals surface area contributed by atoms with Gasteiger partial charge in [-0.2, -0.15) is 10.2 Å². The second-order valence-corrected chi connectivity index (χ2v) is 3.67. The van der Waals surface area contributed by atoms with Crippen LogP contribution < -0.4 is 0 Å². The van der Waals surface area contributed by atoms with E-state index < -0.39 is 0 Å². The van der Waals surface area contributed by atoms with Crippen LogP contribution in [0.5, 0.6) is 0 Å². The molecule has 0 fully saturated rings. The van der Waals surface area contributed by atoms with Gasteiger partial charge in [-0.3, -0.25) is 0 Å². The zero-order valence-corrected chi connectivity index (χ0v) is 7.80. The van der Waals surface area contributed by atoms with Crippen molar-refractivity contribution in [3.63, 3.8) is 0 Å². The van der Waals surface area contributed by atoms with Gasteiger partial charge in [0.2, 0.25) is 0 Å². The Morgan fingerprint density at radius 2 is 2.27 bits per heavy atom. The summed E-state index contributed by atoms with van der Waals surface area (Å²) in [5.74, 6) is 0. The summed E-state index contributed by atoms with van der Waals surface area (Å²) >= 11 is 9.25. The number of fused-ring (bicyclic) bond motifs is 1. The van der Waals surface area contributed by atoms with Crippen LogP contribution >= 0.6 is 27.5 Å². The number of hydrogen-bond donors (Lipinski definition) is 0. The lowest BCUT2D eigenvalue weighted by Gasteiger charge is -2.11. The summed E-state index contributed by atoms with van der Waals surface area (Å²) < 4.78 is 0.970. The maximum atomic E-state index is 5.91. The molecule has 0 radical (unpaired) electrons. The Morgan fingerprint density at radius 3 is 3.09 bits per heavy atom. The Kier molecular flexibility index (Phi) is 1.69. The van der Waals surface area contributed by atoms with Gasteiger partial charge in [-0.15, -0.1) is 0 Å². The monoisotopic (exact) mass is 230 g/mol. The molecule has 4 heteroatoms. The third-order valence-electron chi connectivity index (χ3n) is 1.55. The molecule has 0 amide bonds. The molecular formula is C7H4BrClN2. The molecule has 0 bridgehead atoms. The van der Waals surface area contributed by atoms with Crippen LogP contribution in [0.3, 0.4) is 0 Å². The van der Waals surface area contributed by atoms with E-state index in [0.29, 0.717) is 5.03 Å². The molecule has 0 spiro atoms. The summed E-state index contributed by atoms with van der Waals surface area (Å²) in [6.45, 7) is 0. The lowest BCUT2D eigenvalue weighted by atomic mass is 10.0. The first-order valence-electron chi connectivity index (χ1n) is 3.12. The van der Waals surface area contributed by atoms with E-state index in [1.807, 2.05) is 12.2 Å². The van der Waals surface area contributed by atoms with Crippen LogP contribution in [-0.4, -0.2) is 6.04 Å². The Bertz CT molecular complexity index is 314. The number of nitrogens with zero attached hydrogens (tertiary/aromatic N) is 2. The standard InChI is InChI=1S/C7H4BrClN2/c8-5-1-4-3-10-11-7(4)6(9)2-5/h1-3,7H/t7-/m1/s1. The average Bonchev–Trinajstić information content (AvgIpc) is 2.34. The van der Waals surface area contributed by atoms with Gasteiger partial charge in [0.1, 0.15) is 6.04 Å². The number of allylic oxidation sites excluding steroid dienone is 2. The van der Waals surface area contributed by atoms with E-state index >= 15 is 0 Å². The highest BCUT2D eigenvalue weighted by Crippen LogP contribution is 2.33. The predicted octanol–water partition coefficient (Wildman–Crippen LogP) is 3.12. The Morgan fingerprint density at radius 1 is 1.45 bits per heavy atom. The van der Waals surface area contributed by atoms with Crippen LogP contribution in [0.1, 0.15) is 0 Å². The summed E-state index contributed by atoms with van der Waals surface area (Å²) in [5, 5.41) is 8.44. The molecule has 2 aliphatic rings. The Labute approximate surface area is 77.5 Å². The van der Waals surface area contributed by atoms with E-state index in [2.05, 4.69) is 26.2 Å². The molecule has 0 aromatic carbocycles. The van der Waals surface area contributed by atoms with E-state index in [-0.39, 0.29) is 6.04 Å². The zero-order valence-electron chi connectivity index (χ0n) is 5.46. The number of hydrogen-bond acceptors (Lipinski definition) is 2. The maximum absolute atomic E-state index is 5.91. The lowest BCUT2D eigenvalue weighted by molar-refractivity contribution is 0.928. The van der Waals surface area contributed by atoms with Crippen LogP contribution in [0.25, 0.3) is 0 Å². The molecule has 0 aromatic rings. The second kappa shape index (κ2) is 2.57. The van der Waals surface area contributed by atoms with Crippen LogP contribution in [0.2, 0.25) is 0 Å². The molecule has 0 N–H and O–H groups in total. The fraction of sp³-hybridized carbons (Fsp3) is 0.143. The molecule has 0 aromatic heterocycles. The minimum atomic E-state index is -0.0435. The molecule has 56 valence electrons. The molecule has 1 heterocycles. The highest BCUT2D eigenvalue weighted by molar-refractivity contribution is 9.11. The molecule has 0 unspecified atom stereocenters. The third kappa shape index (κ3) is 1.19. The molecule has 1 atom stereocenters. The van der Waals surface area contributed by atoms with Gasteiger partial charge in [0.15, 0.2) is 0 Å². The van der Waals surface area contributed by atoms with E-state index in [1.54, 1.807) is 6.20 Å². The first kappa shape index (κ1) is 7.25. The SMILES string of the molecule is ClC1=CC(Br)=CC2=CN=N[C@@H]12. The van der Waals surface area contributed by atoms with Gasteiger partial charge >= 0.3 is 0 Å². The number of azo groups is 1. The van der Waals surface area contributed by atoms with Crippen molar-refractivity contribution in [1.82, 2.24) is 0 Å². The first-order valence-corrected chi connectivity index (χ1v) is 4.29. The van der Waals surface area contributed by atoms with Gasteiger partial charge in [0, 0.05) is 10.1 Å². The van der Waals surface area contributed by atoms with Gasteiger partial charge in [0.05, 0.1) is 11.2 Å². The van der Waals surface area contributed by atoms with Crippen molar-refractivity contribution in [2.75, 3.05) is 0 Å². The summed E-state index contributed by atoms with van der Waals surface area (Å²) in [5.41, 5.74) is 1.05. The normalized spacial score (nSPS) is 27.5. The molecule has 2 nitrogen and oxygen atoms in total. The van der Waals surface area contributed by atoms with Crippen LogP contribution in [-0.2, 0) is 0 Å². The minimum Gasteiger partial charge on any atom is -0.175 e. The topological polar surface area (TPSA) is 24.7 Å². The summed E-state index contributed by atoms with van der Waals surface area (Å²) in [7, 11) is 0. The maximum Gasteiger partial charge on any atom is 0.133 e. The number of halogens is 2. The van der Waals surface area contributed by atoms with Gasteiger partial charge in [-0.25, -0.2) is 0 Å². The van der Waals surface area contributed by atoms with Crippen LogP contribution in [0.15, 0.2) is 43.7 Å². The summed E-state index contributed by atoms with van der Waals surface area (Å²) in [6.07, 6.45) is 5.53. The van der Waals surface area contributed by atoms with Crippen molar-refractivity contribution in [1.29, 1.82) is 0 Å². The first-order chi connectivity index (χ1) is 5.27. The van der Waals surface area contributed by atoms with Crippen molar-refractivity contribution in [2.45, 2.75) is 6.04 Å². The highest BCUT2D eigenvalue weighted by Gasteiger charge is 2.22. The van der Waals surface area contributed by atoms with Crippen molar-refractivity contribution >= 4 is 27.5 Å². The van der Waals surface area contributed by atoms with Gasteiger partial charge in [0.25, 0.3) is 0 Å². The average molecular weight is 231 g/mol. The van der Waals surface area contributed by atoms with Gasteiger partial charge in [-0.1, -0.05) is 27.5 Å². The largest absolute Gasteiger partial charge is 0.175 e. The van der Waals surface area contributed by atoms with Gasteiger partial charge < -0.3 is 0 Å². The molecule has 0 saturated heterocycles. The smallest absolute Gasteiger partial charge is 0.133 e. The summed E-state index contributed by atoms with van der Waals surface area (Å²) in [6, 6.07) is -0.0435.